The summed E-state index contributed by atoms with van der Waals surface area (Å²) in [5.41, 5.74) is -1.79. The van der Waals surface area contributed by atoms with Crippen LogP contribution in [0.15, 0.2) is 28.0 Å². The Morgan fingerprint density at radius 2 is 1.80 bits per heavy atom. The molecule has 15 heavy (non-hydrogen) atoms. The molecule has 84 valence electrons. The van der Waals surface area contributed by atoms with Crippen molar-refractivity contribution >= 4 is 12.6 Å². The van der Waals surface area contributed by atoms with Gasteiger partial charge in [-0.05, 0) is 6.07 Å². The third-order valence-electron chi connectivity index (χ3n) is 2.30. The molecule has 0 radical (unpaired) electrons. The van der Waals surface area contributed by atoms with Crippen LogP contribution in [-0.4, -0.2) is 39.7 Å². The minimum Gasteiger partial charge on any atom is -0.394 e. The summed E-state index contributed by atoms with van der Waals surface area (Å²) in [5.74, 6) is 0. The number of aromatic nitrogens is 1. The minimum absolute atomic E-state index is 0.431. The number of aliphatic hydroxyl groups is 3. The first-order valence-electron chi connectivity index (χ1n) is 4.34. The molecule has 0 aliphatic carbocycles. The summed E-state index contributed by atoms with van der Waals surface area (Å²) in [5, 5.41) is 27.4. The first-order valence-corrected chi connectivity index (χ1v) is 4.79. The maximum absolute atomic E-state index is 11.5. The fraction of sp³-hybridized carbons (Fsp3) is 0.444. The highest BCUT2D eigenvalue weighted by Crippen LogP contribution is 2.13. The molecule has 0 aliphatic heterocycles. The monoisotopic (exact) mass is 231 g/mol. The third kappa shape index (κ3) is 2.23. The lowest BCUT2D eigenvalue weighted by atomic mass is 10.0. The summed E-state index contributed by atoms with van der Waals surface area (Å²) < 4.78 is 1.10. The highest BCUT2D eigenvalue weighted by Gasteiger charge is 2.30. The van der Waals surface area contributed by atoms with E-state index >= 15 is 0 Å². The van der Waals surface area contributed by atoms with Gasteiger partial charge in [0, 0.05) is 17.2 Å². The van der Waals surface area contributed by atoms with E-state index < -0.39 is 30.9 Å². The summed E-state index contributed by atoms with van der Waals surface area (Å²) in [6.45, 7) is -1.57. The molecular weight excluding hydrogens is 218 g/mol. The number of thiol groups is 1. The normalized spacial score (nSPS) is 11.7. The highest BCUT2D eigenvalue weighted by molar-refractivity contribution is 7.80. The van der Waals surface area contributed by atoms with E-state index in [4.69, 9.17) is 15.3 Å². The fourth-order valence-corrected chi connectivity index (χ4v) is 1.42. The zero-order valence-corrected chi connectivity index (χ0v) is 8.89. The molecule has 0 amide bonds. The van der Waals surface area contributed by atoms with Crippen LogP contribution in [-0.2, 0) is 5.54 Å². The maximum Gasteiger partial charge on any atom is 0.252 e. The zero-order chi connectivity index (χ0) is 11.5. The van der Waals surface area contributed by atoms with Crippen LogP contribution in [0, 0.1) is 0 Å². The predicted molar refractivity (Wildman–Crippen MR) is 57.2 cm³/mol. The summed E-state index contributed by atoms with van der Waals surface area (Å²) in [6.07, 6.45) is 1.38. The second-order valence-corrected chi connectivity index (χ2v) is 3.81. The van der Waals surface area contributed by atoms with Crippen molar-refractivity contribution in [2.75, 3.05) is 19.8 Å². The summed E-state index contributed by atoms with van der Waals surface area (Å²) in [4.78, 5) is 12.0. The maximum atomic E-state index is 11.5. The van der Waals surface area contributed by atoms with Crippen molar-refractivity contribution in [1.29, 1.82) is 0 Å². The van der Waals surface area contributed by atoms with Gasteiger partial charge in [-0.3, -0.25) is 4.79 Å². The molecule has 0 bridgehead atoms. The first-order chi connectivity index (χ1) is 7.09. The Morgan fingerprint density at radius 1 is 1.27 bits per heavy atom. The Kier molecular flexibility index (Phi) is 3.92. The molecule has 0 unspecified atom stereocenters. The first kappa shape index (κ1) is 12.3. The van der Waals surface area contributed by atoms with Gasteiger partial charge in [0.25, 0.3) is 5.56 Å². The van der Waals surface area contributed by atoms with Crippen LogP contribution in [0.1, 0.15) is 0 Å². The smallest absolute Gasteiger partial charge is 0.252 e. The van der Waals surface area contributed by atoms with E-state index in [-0.39, 0.29) is 0 Å². The van der Waals surface area contributed by atoms with Crippen LogP contribution in [0.5, 0.6) is 0 Å². The molecular formula is C9H13NO4S. The van der Waals surface area contributed by atoms with E-state index in [0.717, 1.165) is 4.57 Å². The second-order valence-electron chi connectivity index (χ2n) is 3.29. The summed E-state index contributed by atoms with van der Waals surface area (Å²) in [7, 11) is 0. The van der Waals surface area contributed by atoms with Crippen molar-refractivity contribution in [2.24, 2.45) is 0 Å². The average molecular weight is 231 g/mol. The molecule has 1 aromatic rings. The predicted octanol–water partition coefficient (Wildman–Crippen LogP) is -1.19. The Bertz CT molecular complexity index is 378. The standard InChI is InChI=1S/C9H13NO4S/c11-4-9(5-12,6-13)10-2-1-7(15)3-8(10)14/h1-3,11-13,15H,4-6H2. The van der Waals surface area contributed by atoms with Gasteiger partial charge in [0.1, 0.15) is 5.54 Å². The third-order valence-corrected chi connectivity index (χ3v) is 2.58. The van der Waals surface area contributed by atoms with Crippen molar-refractivity contribution in [3.05, 3.63) is 28.7 Å². The van der Waals surface area contributed by atoms with Crippen molar-refractivity contribution in [3.8, 4) is 0 Å². The van der Waals surface area contributed by atoms with Crippen LogP contribution in [0.2, 0.25) is 0 Å². The largest absolute Gasteiger partial charge is 0.394 e. The summed E-state index contributed by atoms with van der Waals surface area (Å²) in [6, 6.07) is 2.79. The molecule has 1 rings (SSSR count). The molecule has 0 spiro atoms. The van der Waals surface area contributed by atoms with Gasteiger partial charge in [-0.25, -0.2) is 0 Å². The van der Waals surface area contributed by atoms with Gasteiger partial charge in [0.2, 0.25) is 0 Å². The highest BCUT2D eigenvalue weighted by atomic mass is 32.1. The lowest BCUT2D eigenvalue weighted by molar-refractivity contribution is 0.0128. The van der Waals surface area contributed by atoms with Crippen LogP contribution < -0.4 is 5.56 Å². The average Bonchev–Trinajstić information content (AvgIpc) is 2.23. The lowest BCUT2D eigenvalue weighted by Gasteiger charge is -2.29. The van der Waals surface area contributed by atoms with Gasteiger partial charge in [-0.1, -0.05) is 0 Å². The molecule has 1 heterocycles. The molecule has 3 N–H and O–H groups in total. The number of nitrogens with zero attached hydrogens (tertiary/aromatic N) is 1. The number of hydrogen-bond donors (Lipinski definition) is 4. The molecule has 0 saturated heterocycles. The van der Waals surface area contributed by atoms with Gasteiger partial charge < -0.3 is 19.9 Å². The molecule has 0 aliphatic rings. The summed E-state index contributed by atoms with van der Waals surface area (Å²) >= 11 is 3.98. The Labute approximate surface area is 92.0 Å². The van der Waals surface area contributed by atoms with Gasteiger partial charge in [-0.2, -0.15) is 0 Å². The van der Waals surface area contributed by atoms with Gasteiger partial charge in [0.15, 0.2) is 0 Å². The molecule has 0 fully saturated rings. The van der Waals surface area contributed by atoms with E-state index in [2.05, 4.69) is 12.6 Å². The Hall–Kier alpha value is -0.820. The van der Waals surface area contributed by atoms with E-state index in [9.17, 15) is 4.79 Å². The Morgan fingerprint density at radius 3 is 2.20 bits per heavy atom. The molecule has 0 saturated carbocycles. The Balaban J connectivity index is 3.29. The molecule has 0 aromatic carbocycles. The van der Waals surface area contributed by atoms with E-state index in [1.54, 1.807) is 6.07 Å². The van der Waals surface area contributed by atoms with Crippen LogP contribution in [0.3, 0.4) is 0 Å². The fourth-order valence-electron chi connectivity index (χ4n) is 1.24. The number of hydrogen-bond acceptors (Lipinski definition) is 5. The zero-order valence-electron chi connectivity index (χ0n) is 8.00. The molecule has 6 heteroatoms. The number of rotatable bonds is 4. The minimum atomic E-state index is -1.36. The van der Waals surface area contributed by atoms with E-state index in [1.165, 1.54) is 12.3 Å². The quantitative estimate of drug-likeness (QED) is 0.491. The van der Waals surface area contributed by atoms with Crippen molar-refractivity contribution < 1.29 is 15.3 Å². The molecule has 0 atom stereocenters. The van der Waals surface area contributed by atoms with Crippen molar-refractivity contribution in [1.82, 2.24) is 4.57 Å². The number of aliphatic hydroxyl groups excluding tert-OH is 3. The lowest BCUT2D eigenvalue weighted by Crippen LogP contribution is -2.49. The van der Waals surface area contributed by atoms with Gasteiger partial charge >= 0.3 is 0 Å². The van der Waals surface area contributed by atoms with Crippen LogP contribution in [0.25, 0.3) is 0 Å². The van der Waals surface area contributed by atoms with E-state index in [0.29, 0.717) is 4.90 Å². The molecule has 5 nitrogen and oxygen atoms in total. The number of pyridine rings is 1. The van der Waals surface area contributed by atoms with E-state index in [1.807, 2.05) is 0 Å². The van der Waals surface area contributed by atoms with Crippen molar-refractivity contribution in [2.45, 2.75) is 10.4 Å². The van der Waals surface area contributed by atoms with Gasteiger partial charge in [0.05, 0.1) is 19.8 Å². The van der Waals surface area contributed by atoms with Crippen LogP contribution in [0.4, 0.5) is 0 Å². The topological polar surface area (TPSA) is 82.7 Å². The van der Waals surface area contributed by atoms with Crippen LogP contribution >= 0.6 is 12.6 Å². The second kappa shape index (κ2) is 4.80. The molecule has 1 aromatic heterocycles. The van der Waals surface area contributed by atoms with Crippen molar-refractivity contribution in [3.63, 3.8) is 0 Å². The van der Waals surface area contributed by atoms with Gasteiger partial charge in [-0.15, -0.1) is 12.6 Å². The SMILES string of the molecule is O=c1cc(S)ccn1C(CO)(CO)CO.